The van der Waals surface area contributed by atoms with Crippen LogP contribution in [0.25, 0.3) is 11.1 Å². The van der Waals surface area contributed by atoms with Gasteiger partial charge < -0.3 is 14.7 Å². The number of hydrogen-bond donors (Lipinski definition) is 0. The molecule has 0 spiro atoms. The van der Waals surface area contributed by atoms with Gasteiger partial charge in [-0.25, -0.2) is 0 Å². The van der Waals surface area contributed by atoms with Crippen LogP contribution >= 0.6 is 0 Å². The maximum absolute atomic E-state index is 12.4. The molecule has 0 saturated heterocycles. The molecule has 0 bridgehead atoms. The van der Waals surface area contributed by atoms with Crippen molar-refractivity contribution in [3.63, 3.8) is 0 Å². The van der Waals surface area contributed by atoms with E-state index in [-0.39, 0.29) is 18.1 Å². The largest absolute Gasteiger partial charge is 0.381 e. The van der Waals surface area contributed by atoms with Crippen LogP contribution < -0.4 is 0 Å². The summed E-state index contributed by atoms with van der Waals surface area (Å²) in [6.07, 6.45) is 1.28. The summed E-state index contributed by atoms with van der Waals surface area (Å²) < 4.78 is 1.49. The highest BCUT2D eigenvalue weighted by Crippen LogP contribution is 2.20. The van der Waals surface area contributed by atoms with Crippen molar-refractivity contribution in [1.82, 2.24) is 9.55 Å². The second-order valence-corrected chi connectivity index (χ2v) is 5.40. The third kappa shape index (κ3) is 3.22. The summed E-state index contributed by atoms with van der Waals surface area (Å²) in [6.45, 7) is 1.66. The molecular formula is C18H15N3O3. The first-order chi connectivity index (χ1) is 11.5. The Hall–Kier alpha value is -3.28. The highest BCUT2D eigenvalue weighted by atomic mass is 16.6. The van der Waals surface area contributed by atoms with Crippen molar-refractivity contribution < 1.29 is 9.72 Å². The fourth-order valence-corrected chi connectivity index (χ4v) is 2.46. The third-order valence-electron chi connectivity index (χ3n) is 3.78. The number of carbonyl (C=O) groups is 1. The Balaban J connectivity index is 1.77. The number of Topliss-reactive ketones (excluding diaryl/α,β-unsaturated/α-hetero) is 1. The van der Waals surface area contributed by atoms with E-state index in [9.17, 15) is 14.9 Å². The zero-order valence-electron chi connectivity index (χ0n) is 13.0. The van der Waals surface area contributed by atoms with Gasteiger partial charge >= 0.3 is 5.82 Å². The molecule has 3 aromatic rings. The molecule has 6 heteroatoms. The summed E-state index contributed by atoms with van der Waals surface area (Å²) in [5.74, 6) is 0.0701. The zero-order valence-corrected chi connectivity index (χ0v) is 13.0. The average Bonchev–Trinajstić information content (AvgIpc) is 2.97. The molecule has 24 heavy (non-hydrogen) atoms. The van der Waals surface area contributed by atoms with E-state index in [1.165, 1.54) is 10.8 Å². The van der Waals surface area contributed by atoms with E-state index >= 15 is 0 Å². The van der Waals surface area contributed by atoms with Crippen LogP contribution in [0.2, 0.25) is 0 Å². The Morgan fingerprint density at radius 2 is 1.71 bits per heavy atom. The molecule has 0 radical (unpaired) electrons. The van der Waals surface area contributed by atoms with E-state index in [1.54, 1.807) is 19.1 Å². The van der Waals surface area contributed by atoms with Crippen LogP contribution in [-0.4, -0.2) is 20.3 Å². The lowest BCUT2D eigenvalue weighted by atomic mass is 10.0. The average molecular weight is 321 g/mol. The molecule has 2 aromatic carbocycles. The molecule has 1 aromatic heterocycles. The number of imidazole rings is 1. The van der Waals surface area contributed by atoms with E-state index < -0.39 is 4.92 Å². The Bertz CT molecular complexity index is 884. The van der Waals surface area contributed by atoms with Gasteiger partial charge in [-0.3, -0.25) is 4.79 Å². The van der Waals surface area contributed by atoms with Crippen molar-refractivity contribution in [2.75, 3.05) is 0 Å². The number of aromatic nitrogens is 2. The first kappa shape index (κ1) is 15.6. The summed E-state index contributed by atoms with van der Waals surface area (Å²) in [5.41, 5.74) is 2.67. The fourth-order valence-electron chi connectivity index (χ4n) is 2.46. The molecule has 1 heterocycles. The van der Waals surface area contributed by atoms with E-state index in [4.69, 9.17) is 0 Å². The van der Waals surface area contributed by atoms with Gasteiger partial charge in [-0.15, -0.1) is 0 Å². The van der Waals surface area contributed by atoms with Crippen molar-refractivity contribution in [3.05, 3.63) is 82.3 Å². The second kappa shape index (κ2) is 6.45. The van der Waals surface area contributed by atoms with Crippen LogP contribution in [0, 0.1) is 17.0 Å². The smallest absolute Gasteiger partial charge is 0.358 e. The lowest BCUT2D eigenvalue weighted by molar-refractivity contribution is -0.389. The number of nitro groups is 1. The minimum Gasteiger partial charge on any atom is -0.358 e. The monoisotopic (exact) mass is 321 g/mol. The molecule has 0 N–H and O–H groups in total. The fraction of sp³-hybridized carbons (Fsp3) is 0.111. The second-order valence-electron chi connectivity index (χ2n) is 5.40. The van der Waals surface area contributed by atoms with E-state index in [0.717, 1.165) is 11.1 Å². The minimum absolute atomic E-state index is 0.0252. The van der Waals surface area contributed by atoms with Gasteiger partial charge in [0.1, 0.15) is 6.20 Å². The molecule has 6 nitrogen and oxygen atoms in total. The van der Waals surface area contributed by atoms with Gasteiger partial charge in [-0.05, 0) is 21.0 Å². The Labute approximate surface area is 138 Å². The summed E-state index contributed by atoms with van der Waals surface area (Å²) in [6, 6.07) is 17.2. The molecule has 0 amide bonds. The van der Waals surface area contributed by atoms with Crippen molar-refractivity contribution in [2.45, 2.75) is 13.5 Å². The van der Waals surface area contributed by atoms with Gasteiger partial charge in [0.05, 0.1) is 6.54 Å². The molecule has 0 aliphatic heterocycles. The lowest BCUT2D eigenvalue weighted by Crippen LogP contribution is -2.10. The van der Waals surface area contributed by atoms with Crippen LogP contribution in [0.1, 0.15) is 16.2 Å². The van der Waals surface area contributed by atoms with Crippen LogP contribution in [0.5, 0.6) is 0 Å². The van der Waals surface area contributed by atoms with E-state index in [0.29, 0.717) is 11.4 Å². The maximum Gasteiger partial charge on any atom is 0.381 e. The molecule has 0 unspecified atom stereocenters. The van der Waals surface area contributed by atoms with Crippen LogP contribution in [0.4, 0.5) is 5.82 Å². The molecular weight excluding hydrogens is 306 g/mol. The highest BCUT2D eigenvalue weighted by molar-refractivity contribution is 5.96. The van der Waals surface area contributed by atoms with Gasteiger partial charge in [0, 0.05) is 12.5 Å². The number of carbonyl (C=O) groups excluding carboxylic acids is 1. The molecule has 0 aliphatic rings. The number of benzene rings is 2. The van der Waals surface area contributed by atoms with E-state index in [2.05, 4.69) is 4.98 Å². The normalized spacial score (nSPS) is 10.5. The molecule has 0 aliphatic carbocycles. The van der Waals surface area contributed by atoms with Crippen LogP contribution in [-0.2, 0) is 6.54 Å². The molecule has 0 saturated carbocycles. The van der Waals surface area contributed by atoms with Crippen molar-refractivity contribution in [2.24, 2.45) is 0 Å². The minimum atomic E-state index is -0.567. The number of rotatable bonds is 5. The third-order valence-corrected chi connectivity index (χ3v) is 3.78. The summed E-state index contributed by atoms with van der Waals surface area (Å²) in [5, 5.41) is 10.7. The van der Waals surface area contributed by atoms with Gasteiger partial charge in [0.25, 0.3) is 0 Å². The first-order valence-corrected chi connectivity index (χ1v) is 7.41. The summed E-state index contributed by atoms with van der Waals surface area (Å²) in [4.78, 5) is 26.4. The van der Waals surface area contributed by atoms with E-state index in [1.807, 2.05) is 42.5 Å². The van der Waals surface area contributed by atoms with Gasteiger partial charge in [-0.2, -0.15) is 0 Å². The number of ketones is 1. The SMILES string of the molecule is Cc1nc([N+](=O)[O-])cn1CC(=O)c1ccc(-c2ccccc2)cc1. The Kier molecular flexibility index (Phi) is 4.20. The zero-order chi connectivity index (χ0) is 17.1. The maximum atomic E-state index is 12.4. The van der Waals surface area contributed by atoms with Crippen LogP contribution in [0.3, 0.4) is 0 Å². The highest BCUT2D eigenvalue weighted by Gasteiger charge is 2.17. The van der Waals surface area contributed by atoms with Gasteiger partial charge in [-0.1, -0.05) is 54.6 Å². The quantitative estimate of drug-likeness (QED) is 0.408. The van der Waals surface area contributed by atoms with Crippen LogP contribution in [0.15, 0.2) is 60.8 Å². The van der Waals surface area contributed by atoms with Gasteiger partial charge in [0.2, 0.25) is 5.82 Å². The van der Waals surface area contributed by atoms with Crippen molar-refractivity contribution in [1.29, 1.82) is 0 Å². The predicted molar refractivity (Wildman–Crippen MR) is 89.8 cm³/mol. The number of aryl methyl sites for hydroxylation is 1. The Morgan fingerprint density at radius 3 is 2.29 bits per heavy atom. The number of hydrogen-bond acceptors (Lipinski definition) is 4. The standard InChI is InChI=1S/C18H15N3O3/c1-13-19-18(21(23)24)12-20(13)11-17(22)16-9-7-15(8-10-16)14-5-3-2-4-6-14/h2-10,12H,11H2,1H3. The summed E-state index contributed by atoms with van der Waals surface area (Å²) >= 11 is 0. The Morgan fingerprint density at radius 1 is 1.08 bits per heavy atom. The summed E-state index contributed by atoms with van der Waals surface area (Å²) in [7, 11) is 0. The first-order valence-electron chi connectivity index (χ1n) is 7.41. The predicted octanol–water partition coefficient (Wildman–Crippen LogP) is 3.65. The molecule has 120 valence electrons. The van der Waals surface area contributed by atoms with Crippen molar-refractivity contribution >= 4 is 11.6 Å². The molecule has 0 fully saturated rings. The topological polar surface area (TPSA) is 78.0 Å². The lowest BCUT2D eigenvalue weighted by Gasteiger charge is -2.05. The molecule has 0 atom stereocenters. The van der Waals surface area contributed by atoms with Crippen molar-refractivity contribution in [3.8, 4) is 11.1 Å². The molecule has 3 rings (SSSR count). The number of nitrogens with zero attached hydrogens (tertiary/aromatic N) is 3. The van der Waals surface area contributed by atoms with Gasteiger partial charge in [0.15, 0.2) is 5.78 Å².